The minimum absolute atomic E-state index is 0.155. The smallest absolute Gasteiger partial charge is 0.303 e. The van der Waals surface area contributed by atoms with E-state index in [4.69, 9.17) is 24.7 Å². The minimum atomic E-state index is -0.985. The zero-order chi connectivity index (χ0) is 17.3. The van der Waals surface area contributed by atoms with Gasteiger partial charge in [0, 0.05) is 33.9 Å². The molecule has 3 unspecified atom stereocenters. The van der Waals surface area contributed by atoms with Crippen molar-refractivity contribution >= 4 is 17.9 Å². The molecule has 0 heterocycles. The molecule has 4 atom stereocenters. The van der Waals surface area contributed by atoms with Crippen molar-refractivity contribution in [3.05, 3.63) is 0 Å². The third kappa shape index (κ3) is 7.37. The predicted molar refractivity (Wildman–Crippen MR) is 76.8 cm³/mol. The summed E-state index contributed by atoms with van der Waals surface area (Å²) < 4.78 is 20.5. The number of carbonyl (C=O) groups is 3. The van der Waals surface area contributed by atoms with E-state index in [-0.39, 0.29) is 6.61 Å². The second kappa shape index (κ2) is 10.1. The molecule has 0 saturated heterocycles. The molecule has 0 fully saturated rings. The molecule has 0 aliphatic heterocycles. The average Bonchev–Trinajstić information content (AvgIpc) is 2.42. The number of methoxy groups -OCH3 is 1. The van der Waals surface area contributed by atoms with Gasteiger partial charge in [0.25, 0.3) is 0 Å². The topological polar surface area (TPSA) is 114 Å². The molecule has 0 aliphatic rings. The van der Waals surface area contributed by atoms with E-state index in [2.05, 4.69) is 0 Å². The van der Waals surface area contributed by atoms with Crippen LogP contribution in [0.4, 0.5) is 0 Å². The second-order valence-corrected chi connectivity index (χ2v) is 4.80. The molecule has 8 nitrogen and oxygen atoms in total. The third-order valence-corrected chi connectivity index (χ3v) is 2.94. The summed E-state index contributed by atoms with van der Waals surface area (Å²) in [5.74, 6) is -1.66. The molecule has 0 bridgehead atoms. The van der Waals surface area contributed by atoms with Gasteiger partial charge >= 0.3 is 17.9 Å². The lowest BCUT2D eigenvalue weighted by Crippen LogP contribution is -2.53. The number of hydrogen-bond donors (Lipinski definition) is 1. The summed E-state index contributed by atoms with van der Waals surface area (Å²) in [4.78, 5) is 33.6. The van der Waals surface area contributed by atoms with Gasteiger partial charge < -0.3 is 24.7 Å². The highest BCUT2D eigenvalue weighted by atomic mass is 16.6. The van der Waals surface area contributed by atoms with Crippen molar-refractivity contribution in [1.29, 1.82) is 0 Å². The van der Waals surface area contributed by atoms with Crippen molar-refractivity contribution in [1.82, 2.24) is 0 Å². The van der Waals surface area contributed by atoms with E-state index in [0.717, 1.165) is 0 Å². The molecule has 0 aliphatic carbocycles. The van der Waals surface area contributed by atoms with Gasteiger partial charge in [-0.3, -0.25) is 14.4 Å². The van der Waals surface area contributed by atoms with Gasteiger partial charge in [0.2, 0.25) is 0 Å². The highest BCUT2D eigenvalue weighted by Crippen LogP contribution is 2.17. The van der Waals surface area contributed by atoms with Crippen LogP contribution >= 0.6 is 0 Å². The third-order valence-electron chi connectivity index (χ3n) is 2.94. The Balaban J connectivity index is 5.34. The van der Waals surface area contributed by atoms with E-state index >= 15 is 0 Å². The average molecular weight is 319 g/mol. The van der Waals surface area contributed by atoms with Crippen molar-refractivity contribution in [2.75, 3.05) is 13.7 Å². The first kappa shape index (κ1) is 20.3. The van der Waals surface area contributed by atoms with Crippen molar-refractivity contribution < 1.29 is 33.3 Å². The van der Waals surface area contributed by atoms with Gasteiger partial charge in [-0.2, -0.15) is 0 Å². The monoisotopic (exact) mass is 319 g/mol. The van der Waals surface area contributed by atoms with Crippen molar-refractivity contribution in [3.8, 4) is 0 Å². The maximum Gasteiger partial charge on any atom is 0.303 e. The molecule has 0 spiro atoms. The maximum absolute atomic E-state index is 11.3. The van der Waals surface area contributed by atoms with Crippen LogP contribution in [-0.4, -0.2) is 56.0 Å². The number of carbonyl (C=O) groups excluding carboxylic acids is 3. The van der Waals surface area contributed by atoms with E-state index in [1.165, 1.54) is 27.9 Å². The number of esters is 3. The molecule has 128 valence electrons. The molecule has 0 aromatic carbocycles. The molecule has 0 amide bonds. The van der Waals surface area contributed by atoms with E-state index in [1.807, 2.05) is 0 Å². The molecule has 8 heteroatoms. The maximum atomic E-state index is 11.3. The lowest BCUT2D eigenvalue weighted by molar-refractivity contribution is -0.184. The Hall–Kier alpha value is -1.67. The quantitative estimate of drug-likeness (QED) is 0.472. The fraction of sp³-hybridized carbons (Fsp3) is 0.786. The van der Waals surface area contributed by atoms with Crippen molar-refractivity contribution in [2.45, 2.75) is 58.5 Å². The standard InChI is InChI=1S/C14H25NO7/c1-6-11(15)13(21-9(3)17)14(22-10(4)18)12(19-5)7-20-8(2)16/h11-14H,6-7,15H2,1-5H3/t11-,12?,13?,14?/m1/s1. The molecule has 0 aromatic heterocycles. The highest BCUT2D eigenvalue weighted by molar-refractivity contribution is 5.67. The summed E-state index contributed by atoms with van der Waals surface area (Å²) in [6, 6.07) is -0.566. The normalized spacial score (nSPS) is 16.1. The van der Waals surface area contributed by atoms with E-state index < -0.39 is 42.3 Å². The lowest BCUT2D eigenvalue weighted by atomic mass is 9.99. The van der Waals surface area contributed by atoms with E-state index in [9.17, 15) is 14.4 Å². The Morgan fingerprint density at radius 3 is 1.82 bits per heavy atom. The Labute approximate surface area is 130 Å². The zero-order valence-electron chi connectivity index (χ0n) is 13.7. The highest BCUT2D eigenvalue weighted by Gasteiger charge is 2.38. The van der Waals surface area contributed by atoms with Crippen LogP contribution in [0, 0.1) is 0 Å². The first-order chi connectivity index (χ1) is 10.2. The van der Waals surface area contributed by atoms with Crippen LogP contribution in [-0.2, 0) is 33.3 Å². The molecule has 0 radical (unpaired) electrons. The van der Waals surface area contributed by atoms with Gasteiger partial charge in [0.15, 0.2) is 12.2 Å². The summed E-state index contributed by atoms with van der Waals surface area (Å²) >= 11 is 0. The summed E-state index contributed by atoms with van der Waals surface area (Å²) in [6.07, 6.45) is -2.22. The predicted octanol–water partition coefficient (Wildman–Crippen LogP) is 0.165. The number of nitrogens with two attached hydrogens (primary N) is 1. The van der Waals surface area contributed by atoms with Crippen LogP contribution in [0.3, 0.4) is 0 Å². The molecule has 2 N–H and O–H groups in total. The van der Waals surface area contributed by atoms with Crippen molar-refractivity contribution in [2.24, 2.45) is 5.73 Å². The van der Waals surface area contributed by atoms with Gasteiger partial charge in [-0.05, 0) is 6.42 Å². The van der Waals surface area contributed by atoms with Gasteiger partial charge in [-0.25, -0.2) is 0 Å². The van der Waals surface area contributed by atoms with Gasteiger partial charge in [0.1, 0.15) is 12.7 Å². The minimum Gasteiger partial charge on any atom is -0.463 e. The van der Waals surface area contributed by atoms with Crippen LogP contribution in [0.2, 0.25) is 0 Å². The van der Waals surface area contributed by atoms with E-state index in [1.54, 1.807) is 6.92 Å². The first-order valence-electron chi connectivity index (χ1n) is 6.99. The zero-order valence-corrected chi connectivity index (χ0v) is 13.7. The Bertz CT molecular complexity index is 385. The molecular weight excluding hydrogens is 294 g/mol. The second-order valence-electron chi connectivity index (χ2n) is 4.80. The summed E-state index contributed by atoms with van der Waals surface area (Å²) in [6.45, 7) is 5.34. The largest absolute Gasteiger partial charge is 0.463 e. The Kier molecular flexibility index (Phi) is 9.35. The van der Waals surface area contributed by atoms with Crippen LogP contribution < -0.4 is 5.73 Å². The Morgan fingerprint density at radius 2 is 1.45 bits per heavy atom. The number of ether oxygens (including phenoxy) is 4. The summed E-state index contributed by atoms with van der Waals surface area (Å²) in [5, 5.41) is 0. The fourth-order valence-corrected chi connectivity index (χ4v) is 1.86. The molecule has 0 saturated carbocycles. The lowest BCUT2D eigenvalue weighted by Gasteiger charge is -2.34. The molecule has 0 aromatic rings. The SMILES string of the molecule is CC[C@@H](N)C(OC(C)=O)C(OC(C)=O)C(COC(C)=O)OC. The molecule has 0 rings (SSSR count). The number of hydrogen-bond acceptors (Lipinski definition) is 8. The summed E-state index contributed by atoms with van der Waals surface area (Å²) in [7, 11) is 1.37. The molecule has 22 heavy (non-hydrogen) atoms. The van der Waals surface area contributed by atoms with Crippen LogP contribution in [0.5, 0.6) is 0 Å². The van der Waals surface area contributed by atoms with Crippen LogP contribution in [0.15, 0.2) is 0 Å². The fourth-order valence-electron chi connectivity index (χ4n) is 1.86. The summed E-state index contributed by atoms with van der Waals surface area (Å²) in [5.41, 5.74) is 5.96. The van der Waals surface area contributed by atoms with Gasteiger partial charge in [0.05, 0.1) is 0 Å². The van der Waals surface area contributed by atoms with Gasteiger partial charge in [-0.15, -0.1) is 0 Å². The first-order valence-corrected chi connectivity index (χ1v) is 6.99. The van der Waals surface area contributed by atoms with Gasteiger partial charge in [-0.1, -0.05) is 6.92 Å². The van der Waals surface area contributed by atoms with Crippen LogP contribution in [0.25, 0.3) is 0 Å². The van der Waals surface area contributed by atoms with Crippen LogP contribution in [0.1, 0.15) is 34.1 Å². The molecular formula is C14H25NO7. The Morgan fingerprint density at radius 1 is 0.955 bits per heavy atom. The van der Waals surface area contributed by atoms with Crippen molar-refractivity contribution in [3.63, 3.8) is 0 Å². The van der Waals surface area contributed by atoms with E-state index in [0.29, 0.717) is 6.42 Å². The number of rotatable bonds is 9.